The van der Waals surface area contributed by atoms with Crippen LogP contribution in [-0.4, -0.2) is 9.78 Å². The molecular weight excluding hydrogens is 313 g/mol. The van der Waals surface area contributed by atoms with E-state index in [1.165, 1.54) is 6.07 Å². The van der Waals surface area contributed by atoms with Gasteiger partial charge in [-0.3, -0.25) is 0 Å². The monoisotopic (exact) mass is 327 g/mol. The third-order valence-electron chi connectivity index (χ3n) is 2.68. The second-order valence-electron chi connectivity index (χ2n) is 4.52. The number of nitrogen functional groups attached to an aromatic ring is 1. The Hall–Kier alpha value is -1.56. The zero-order chi connectivity index (χ0) is 14.2. The highest BCUT2D eigenvalue weighted by molar-refractivity contribution is 9.10. The molecule has 0 unspecified atom stereocenters. The van der Waals surface area contributed by atoms with Crippen LogP contribution in [0.15, 0.2) is 22.7 Å². The van der Waals surface area contributed by atoms with Crippen molar-refractivity contribution in [2.24, 2.45) is 0 Å². The zero-order valence-electron chi connectivity index (χ0n) is 10.9. The molecule has 102 valence electrons. The van der Waals surface area contributed by atoms with Crippen molar-refractivity contribution in [3.8, 4) is 11.6 Å². The third kappa shape index (κ3) is 2.73. The van der Waals surface area contributed by atoms with Crippen molar-refractivity contribution in [1.82, 2.24) is 9.78 Å². The van der Waals surface area contributed by atoms with Gasteiger partial charge in [-0.1, -0.05) is 15.9 Å². The van der Waals surface area contributed by atoms with Crippen molar-refractivity contribution in [3.05, 3.63) is 34.2 Å². The van der Waals surface area contributed by atoms with Crippen LogP contribution in [0.4, 0.5) is 10.1 Å². The summed E-state index contributed by atoms with van der Waals surface area (Å²) in [6, 6.07) is 4.67. The molecule has 0 bridgehead atoms. The van der Waals surface area contributed by atoms with Crippen LogP contribution in [0.25, 0.3) is 0 Å². The van der Waals surface area contributed by atoms with E-state index in [9.17, 15) is 4.39 Å². The number of benzene rings is 1. The van der Waals surface area contributed by atoms with Crippen LogP contribution < -0.4 is 10.5 Å². The molecule has 2 rings (SSSR count). The molecule has 1 aromatic carbocycles. The van der Waals surface area contributed by atoms with Gasteiger partial charge in [0.1, 0.15) is 5.69 Å². The van der Waals surface area contributed by atoms with Crippen LogP contribution in [0.1, 0.15) is 25.6 Å². The lowest BCUT2D eigenvalue weighted by atomic mass is 10.3. The van der Waals surface area contributed by atoms with Gasteiger partial charge in [0.05, 0.1) is 11.7 Å². The Balaban J connectivity index is 2.43. The van der Waals surface area contributed by atoms with Gasteiger partial charge in [0.15, 0.2) is 11.6 Å². The lowest BCUT2D eigenvalue weighted by Gasteiger charge is -2.12. The number of nitrogens with zero attached hydrogens (tertiary/aromatic N) is 2. The Labute approximate surface area is 119 Å². The average Bonchev–Trinajstić information content (AvgIpc) is 2.61. The zero-order valence-corrected chi connectivity index (χ0v) is 12.5. The molecule has 0 aliphatic rings. The Morgan fingerprint density at radius 3 is 2.68 bits per heavy atom. The Bertz CT molecular complexity index is 610. The number of halogens is 2. The summed E-state index contributed by atoms with van der Waals surface area (Å²) in [6.07, 6.45) is 0. The molecule has 19 heavy (non-hydrogen) atoms. The van der Waals surface area contributed by atoms with Crippen molar-refractivity contribution in [2.45, 2.75) is 26.8 Å². The summed E-state index contributed by atoms with van der Waals surface area (Å²) < 4.78 is 21.7. The van der Waals surface area contributed by atoms with Crippen molar-refractivity contribution in [3.63, 3.8) is 0 Å². The molecule has 4 nitrogen and oxygen atoms in total. The molecular formula is C13H15BrFN3O. The highest BCUT2D eigenvalue weighted by atomic mass is 79.9. The van der Waals surface area contributed by atoms with E-state index >= 15 is 0 Å². The molecule has 6 heteroatoms. The van der Waals surface area contributed by atoms with Gasteiger partial charge in [0, 0.05) is 4.47 Å². The van der Waals surface area contributed by atoms with E-state index < -0.39 is 5.82 Å². The van der Waals surface area contributed by atoms with Gasteiger partial charge < -0.3 is 10.5 Å². The molecule has 1 heterocycles. The largest absolute Gasteiger partial charge is 0.434 e. The second-order valence-corrected chi connectivity index (χ2v) is 5.44. The van der Waals surface area contributed by atoms with Crippen LogP contribution in [0.2, 0.25) is 0 Å². The van der Waals surface area contributed by atoms with Crippen LogP contribution in [-0.2, 0) is 0 Å². The first-order valence-corrected chi connectivity index (χ1v) is 6.67. The molecule has 1 aromatic heterocycles. The van der Waals surface area contributed by atoms with E-state index in [1.807, 2.05) is 13.8 Å². The summed E-state index contributed by atoms with van der Waals surface area (Å²) in [5.74, 6) is 0.0355. The van der Waals surface area contributed by atoms with Crippen molar-refractivity contribution < 1.29 is 9.13 Å². The van der Waals surface area contributed by atoms with Gasteiger partial charge in [-0.05, 0) is 39.0 Å². The molecule has 0 saturated heterocycles. The minimum absolute atomic E-state index is 0.0736. The van der Waals surface area contributed by atoms with E-state index in [2.05, 4.69) is 21.0 Å². The molecule has 0 amide bonds. The first-order chi connectivity index (χ1) is 8.90. The highest BCUT2D eigenvalue weighted by Crippen LogP contribution is 2.34. The van der Waals surface area contributed by atoms with Gasteiger partial charge in [-0.15, -0.1) is 0 Å². The number of ether oxygens (including phenoxy) is 1. The van der Waals surface area contributed by atoms with E-state index in [1.54, 1.807) is 23.7 Å². The van der Waals surface area contributed by atoms with Gasteiger partial charge >= 0.3 is 0 Å². The molecule has 0 spiro atoms. The maximum absolute atomic E-state index is 13.8. The number of anilines is 1. The first kappa shape index (κ1) is 13.9. The molecule has 0 radical (unpaired) electrons. The van der Waals surface area contributed by atoms with Crippen molar-refractivity contribution in [2.75, 3.05) is 5.73 Å². The third-order valence-corrected chi connectivity index (χ3v) is 3.17. The van der Waals surface area contributed by atoms with Crippen LogP contribution >= 0.6 is 15.9 Å². The van der Waals surface area contributed by atoms with Crippen molar-refractivity contribution in [1.29, 1.82) is 0 Å². The number of rotatable bonds is 3. The number of hydrogen-bond donors (Lipinski definition) is 1. The van der Waals surface area contributed by atoms with Crippen LogP contribution in [0.5, 0.6) is 11.6 Å². The number of aryl methyl sites for hydroxylation is 1. The standard InChI is InChI=1S/C13H15BrFN3O/c1-7(2)18-13(12(16)8(3)17-18)19-11-5-4-9(14)6-10(11)15/h4-7H,16H2,1-3H3. The van der Waals surface area contributed by atoms with Gasteiger partial charge in [0.25, 0.3) is 0 Å². The van der Waals surface area contributed by atoms with Gasteiger partial charge in [-0.2, -0.15) is 5.10 Å². The van der Waals surface area contributed by atoms with E-state index in [0.717, 1.165) is 0 Å². The summed E-state index contributed by atoms with van der Waals surface area (Å²) >= 11 is 3.20. The average molecular weight is 328 g/mol. The summed E-state index contributed by atoms with van der Waals surface area (Å²) in [7, 11) is 0. The predicted molar refractivity (Wildman–Crippen MR) is 75.9 cm³/mol. The van der Waals surface area contributed by atoms with E-state index in [0.29, 0.717) is 21.7 Å². The maximum Gasteiger partial charge on any atom is 0.241 e. The predicted octanol–water partition coefficient (Wildman–Crippen LogP) is 4.05. The fourth-order valence-electron chi connectivity index (χ4n) is 1.65. The lowest BCUT2D eigenvalue weighted by Crippen LogP contribution is -2.06. The van der Waals surface area contributed by atoms with E-state index in [4.69, 9.17) is 10.5 Å². The summed E-state index contributed by atoms with van der Waals surface area (Å²) in [6.45, 7) is 5.70. The minimum Gasteiger partial charge on any atom is -0.434 e. The molecule has 0 atom stereocenters. The summed E-state index contributed by atoms with van der Waals surface area (Å²) in [5.41, 5.74) is 7.02. The normalized spacial score (nSPS) is 11.1. The number of hydrogen-bond acceptors (Lipinski definition) is 3. The van der Waals surface area contributed by atoms with Crippen molar-refractivity contribution >= 4 is 21.6 Å². The minimum atomic E-state index is -0.456. The lowest BCUT2D eigenvalue weighted by molar-refractivity contribution is 0.373. The maximum atomic E-state index is 13.8. The Kier molecular flexibility index (Phi) is 3.80. The quantitative estimate of drug-likeness (QED) is 0.925. The number of aromatic nitrogens is 2. The Morgan fingerprint density at radius 2 is 2.11 bits per heavy atom. The molecule has 0 fully saturated rings. The highest BCUT2D eigenvalue weighted by Gasteiger charge is 2.18. The first-order valence-electron chi connectivity index (χ1n) is 5.87. The fraction of sp³-hybridized carbons (Fsp3) is 0.308. The van der Waals surface area contributed by atoms with Crippen LogP contribution in [0, 0.1) is 12.7 Å². The smallest absolute Gasteiger partial charge is 0.241 e. The summed E-state index contributed by atoms with van der Waals surface area (Å²) in [5, 5.41) is 4.29. The Morgan fingerprint density at radius 1 is 1.42 bits per heavy atom. The molecule has 0 saturated carbocycles. The molecule has 0 aliphatic heterocycles. The van der Waals surface area contributed by atoms with E-state index in [-0.39, 0.29) is 11.8 Å². The topological polar surface area (TPSA) is 53.1 Å². The fourth-order valence-corrected chi connectivity index (χ4v) is 1.99. The summed E-state index contributed by atoms with van der Waals surface area (Å²) in [4.78, 5) is 0. The molecule has 0 aliphatic carbocycles. The van der Waals surface area contributed by atoms with Gasteiger partial charge in [0.2, 0.25) is 5.88 Å². The molecule has 2 N–H and O–H groups in total. The number of nitrogens with two attached hydrogens (primary N) is 1. The molecule has 2 aromatic rings. The second kappa shape index (κ2) is 5.21. The van der Waals surface area contributed by atoms with Gasteiger partial charge in [-0.25, -0.2) is 9.07 Å². The SMILES string of the molecule is Cc1nn(C(C)C)c(Oc2ccc(Br)cc2F)c1N. The van der Waals surface area contributed by atoms with Crippen LogP contribution in [0.3, 0.4) is 0 Å².